The van der Waals surface area contributed by atoms with Crippen LogP contribution in [0.4, 0.5) is 9.18 Å². The number of nitrogens with zero attached hydrogens (tertiary/aromatic N) is 1. The lowest BCUT2D eigenvalue weighted by molar-refractivity contribution is -0.137. The number of sulfone groups is 1. The van der Waals surface area contributed by atoms with Crippen molar-refractivity contribution in [1.82, 2.24) is 9.88 Å². The summed E-state index contributed by atoms with van der Waals surface area (Å²) in [5.41, 5.74) is 2.30. The quantitative estimate of drug-likeness (QED) is 0.568. The second-order valence-electron chi connectivity index (χ2n) is 8.12. The molecule has 2 N–H and O–H groups in total. The molecule has 3 aromatic rings. The molecule has 10 heteroatoms. The van der Waals surface area contributed by atoms with E-state index in [1.165, 1.54) is 10.6 Å². The summed E-state index contributed by atoms with van der Waals surface area (Å²) in [7, 11) is -3.82. The van der Waals surface area contributed by atoms with Crippen molar-refractivity contribution in [1.29, 1.82) is 0 Å². The van der Waals surface area contributed by atoms with E-state index in [1.54, 1.807) is 0 Å². The normalized spacial score (nSPS) is 15.8. The van der Waals surface area contributed by atoms with Crippen LogP contribution in [0.3, 0.4) is 0 Å². The van der Waals surface area contributed by atoms with Gasteiger partial charge in [0.1, 0.15) is 19.0 Å². The summed E-state index contributed by atoms with van der Waals surface area (Å²) in [4.78, 5) is 23.5. The first-order valence-electron chi connectivity index (χ1n) is 10.4. The van der Waals surface area contributed by atoms with E-state index in [-0.39, 0.29) is 23.1 Å². The fraction of sp³-hybridized carbons (Fsp3) is 0.304. The van der Waals surface area contributed by atoms with Crippen LogP contribution >= 0.6 is 0 Å². The van der Waals surface area contributed by atoms with E-state index in [0.717, 1.165) is 17.9 Å². The molecule has 2 aromatic carbocycles. The van der Waals surface area contributed by atoms with Crippen molar-refractivity contribution >= 4 is 32.8 Å². The molecule has 0 unspecified atom stereocenters. The van der Waals surface area contributed by atoms with Gasteiger partial charge in [-0.25, -0.2) is 17.6 Å². The van der Waals surface area contributed by atoms with Crippen molar-refractivity contribution in [2.45, 2.75) is 43.4 Å². The number of ether oxygens (including phenoxy) is 1. The van der Waals surface area contributed by atoms with Crippen LogP contribution in [0.25, 0.3) is 10.9 Å². The predicted molar refractivity (Wildman–Crippen MR) is 118 cm³/mol. The van der Waals surface area contributed by atoms with Gasteiger partial charge in [0.25, 0.3) is 0 Å². The van der Waals surface area contributed by atoms with E-state index < -0.39 is 34.3 Å². The molecular formula is C23H23FN2O6S. The Morgan fingerprint density at radius 2 is 1.97 bits per heavy atom. The average molecular weight is 475 g/mol. The van der Waals surface area contributed by atoms with Gasteiger partial charge in [0.05, 0.1) is 10.4 Å². The summed E-state index contributed by atoms with van der Waals surface area (Å²) >= 11 is 0. The Morgan fingerprint density at radius 3 is 2.64 bits per heavy atom. The Hall–Kier alpha value is -3.40. The van der Waals surface area contributed by atoms with Crippen LogP contribution < -0.4 is 5.32 Å². The molecule has 1 amide bonds. The molecule has 1 atom stereocenters. The molecule has 0 spiro atoms. The fourth-order valence-electron chi connectivity index (χ4n) is 4.36. The Labute approximate surface area is 189 Å². The van der Waals surface area contributed by atoms with Gasteiger partial charge in [-0.05, 0) is 42.5 Å². The van der Waals surface area contributed by atoms with Gasteiger partial charge >= 0.3 is 12.1 Å². The molecule has 1 aromatic heterocycles. The third-order valence-electron chi connectivity index (χ3n) is 5.72. The summed E-state index contributed by atoms with van der Waals surface area (Å²) in [5.74, 6) is -1.86. The van der Waals surface area contributed by atoms with Gasteiger partial charge in [0.15, 0.2) is 9.84 Å². The van der Waals surface area contributed by atoms with Crippen LogP contribution in [-0.2, 0) is 45.4 Å². The number of carbonyl (C=O) groups excluding carboxylic acids is 1. The van der Waals surface area contributed by atoms with E-state index in [2.05, 4.69) is 5.32 Å². The first-order chi connectivity index (χ1) is 15.6. The van der Waals surface area contributed by atoms with E-state index in [1.807, 2.05) is 30.3 Å². The molecule has 0 bridgehead atoms. The minimum atomic E-state index is -3.82. The number of hydrogen-bond donors (Lipinski definition) is 2. The summed E-state index contributed by atoms with van der Waals surface area (Å²) in [6.07, 6.45) is 1.56. The van der Waals surface area contributed by atoms with Crippen LogP contribution in [-0.4, -0.2) is 42.5 Å². The number of halogens is 1. The van der Waals surface area contributed by atoms with Crippen LogP contribution in [0.15, 0.2) is 47.4 Å². The van der Waals surface area contributed by atoms with Crippen molar-refractivity contribution in [2.24, 2.45) is 0 Å². The molecule has 0 saturated heterocycles. The number of alkyl carbamates (subject to hydrolysis) is 1. The first-order valence-corrected chi connectivity index (χ1v) is 12.2. The number of carboxylic acids is 1. The fourth-order valence-corrected chi connectivity index (χ4v) is 5.25. The summed E-state index contributed by atoms with van der Waals surface area (Å²) < 4.78 is 45.8. The molecule has 4 rings (SSSR count). The van der Waals surface area contributed by atoms with Crippen molar-refractivity contribution in [2.75, 3.05) is 6.26 Å². The molecule has 0 fully saturated rings. The second kappa shape index (κ2) is 8.86. The lowest BCUT2D eigenvalue weighted by Crippen LogP contribution is -2.39. The lowest BCUT2D eigenvalue weighted by Gasteiger charge is -2.24. The first kappa shape index (κ1) is 22.8. The maximum absolute atomic E-state index is 14.4. The zero-order valence-electron chi connectivity index (χ0n) is 17.9. The highest BCUT2D eigenvalue weighted by molar-refractivity contribution is 7.91. The number of nitrogens with one attached hydrogen (secondary N) is 1. The maximum Gasteiger partial charge on any atom is 0.407 e. The number of fused-ring (bicyclic) bond motifs is 3. The number of amides is 1. The highest BCUT2D eigenvalue weighted by Crippen LogP contribution is 2.36. The van der Waals surface area contributed by atoms with Gasteiger partial charge in [-0.1, -0.05) is 30.3 Å². The Kier molecular flexibility index (Phi) is 6.11. The molecule has 0 aliphatic heterocycles. The molecule has 8 nitrogen and oxygen atoms in total. The van der Waals surface area contributed by atoms with Crippen LogP contribution in [0, 0.1) is 5.82 Å². The maximum atomic E-state index is 14.4. The topological polar surface area (TPSA) is 115 Å². The Balaban J connectivity index is 1.64. The molecule has 0 saturated carbocycles. The Bertz CT molecular complexity index is 1330. The van der Waals surface area contributed by atoms with E-state index in [0.29, 0.717) is 35.9 Å². The molecule has 33 heavy (non-hydrogen) atoms. The van der Waals surface area contributed by atoms with Gasteiger partial charge in [-0.2, -0.15) is 0 Å². The highest BCUT2D eigenvalue weighted by atomic mass is 32.2. The minimum Gasteiger partial charge on any atom is -0.480 e. The average Bonchev–Trinajstić information content (AvgIpc) is 3.04. The third kappa shape index (κ3) is 4.85. The number of aliphatic carboxylic acids is 1. The number of carbonyl (C=O) groups is 2. The van der Waals surface area contributed by atoms with Crippen molar-refractivity contribution < 1.29 is 32.2 Å². The summed E-state index contributed by atoms with van der Waals surface area (Å²) in [6.45, 7) is -0.331. The zero-order chi connectivity index (χ0) is 23.8. The molecule has 1 aliphatic rings. The second-order valence-corrected chi connectivity index (χ2v) is 10.1. The smallest absolute Gasteiger partial charge is 0.407 e. The summed E-state index contributed by atoms with van der Waals surface area (Å²) in [5, 5.41) is 12.5. The third-order valence-corrected chi connectivity index (χ3v) is 6.83. The zero-order valence-corrected chi connectivity index (χ0v) is 18.7. The largest absolute Gasteiger partial charge is 0.480 e. The monoisotopic (exact) mass is 474 g/mol. The van der Waals surface area contributed by atoms with Gasteiger partial charge in [0, 0.05) is 23.4 Å². The van der Waals surface area contributed by atoms with Crippen molar-refractivity contribution in [3.8, 4) is 0 Å². The minimum absolute atomic E-state index is 0.117. The van der Waals surface area contributed by atoms with Gasteiger partial charge in [-0.15, -0.1) is 0 Å². The SMILES string of the molecule is CS(=O)(=O)c1cc(F)cc2c3c(n(CC(=O)O)c12)CC[C@H](NC(=O)OCc1ccccc1)C3. The molecule has 1 heterocycles. The standard InChI is InChI=1S/C23H23FN2O6S/c1-33(30,31)20-10-15(24)9-18-17-11-16(7-8-19(17)26(22(18)20)12-21(27)28)25-23(29)32-13-14-5-3-2-4-6-14/h2-6,9-10,16H,7-8,11-13H2,1H3,(H,25,29)(H,27,28)/t16-/m0/s1. The number of aromatic nitrogens is 1. The number of carboxylic acid groups (broad SMARTS) is 1. The van der Waals surface area contributed by atoms with E-state index in [4.69, 9.17) is 4.74 Å². The molecular weight excluding hydrogens is 451 g/mol. The number of benzene rings is 2. The lowest BCUT2D eigenvalue weighted by atomic mass is 9.91. The molecule has 0 radical (unpaired) electrons. The van der Waals surface area contributed by atoms with Crippen LogP contribution in [0.1, 0.15) is 23.2 Å². The number of hydrogen-bond acceptors (Lipinski definition) is 5. The van der Waals surface area contributed by atoms with Gasteiger partial charge in [-0.3, -0.25) is 4.79 Å². The van der Waals surface area contributed by atoms with E-state index in [9.17, 15) is 27.5 Å². The highest BCUT2D eigenvalue weighted by Gasteiger charge is 2.30. The van der Waals surface area contributed by atoms with Gasteiger partial charge < -0.3 is 19.7 Å². The van der Waals surface area contributed by atoms with Crippen LogP contribution in [0.2, 0.25) is 0 Å². The molecule has 174 valence electrons. The molecule has 1 aliphatic carbocycles. The van der Waals surface area contributed by atoms with Crippen LogP contribution in [0.5, 0.6) is 0 Å². The van der Waals surface area contributed by atoms with Crippen molar-refractivity contribution in [3.63, 3.8) is 0 Å². The Morgan fingerprint density at radius 1 is 1.24 bits per heavy atom. The van der Waals surface area contributed by atoms with E-state index >= 15 is 0 Å². The summed E-state index contributed by atoms with van der Waals surface area (Å²) in [6, 6.07) is 11.0. The van der Waals surface area contributed by atoms with Gasteiger partial charge in [0.2, 0.25) is 0 Å². The van der Waals surface area contributed by atoms with Crippen molar-refractivity contribution in [3.05, 3.63) is 65.1 Å². The predicted octanol–water partition coefficient (Wildman–Crippen LogP) is 3.05. The number of rotatable bonds is 6.